The van der Waals surface area contributed by atoms with E-state index >= 15 is 0 Å². The standard InChI is InChI=1S/C23H23BN2O2/c1-22(2)23(3,4)28-24(27-22)16-9-7-10-17(15-16)26-20-13-6-5-11-18(20)19-12-8-14-25-21(19)26/h5-15H,1-4H3. The summed E-state index contributed by atoms with van der Waals surface area (Å²) in [4.78, 5) is 4.67. The minimum atomic E-state index is -0.383. The lowest BCUT2D eigenvalue weighted by molar-refractivity contribution is 0.00578. The monoisotopic (exact) mass is 370 g/mol. The summed E-state index contributed by atoms with van der Waals surface area (Å²) in [5.41, 5.74) is 3.44. The summed E-state index contributed by atoms with van der Waals surface area (Å²) in [5.74, 6) is 0. The molecule has 1 saturated heterocycles. The molecular weight excluding hydrogens is 347 g/mol. The van der Waals surface area contributed by atoms with Gasteiger partial charge in [0, 0.05) is 22.7 Å². The number of pyridine rings is 1. The van der Waals surface area contributed by atoms with Gasteiger partial charge in [-0.05, 0) is 63.5 Å². The number of benzene rings is 2. The molecular formula is C23H23BN2O2. The van der Waals surface area contributed by atoms with E-state index in [9.17, 15) is 0 Å². The molecule has 28 heavy (non-hydrogen) atoms. The number of para-hydroxylation sites is 1. The van der Waals surface area contributed by atoms with Crippen molar-refractivity contribution < 1.29 is 9.31 Å². The first-order valence-corrected chi connectivity index (χ1v) is 9.68. The van der Waals surface area contributed by atoms with Crippen molar-refractivity contribution in [2.75, 3.05) is 0 Å². The zero-order valence-corrected chi connectivity index (χ0v) is 16.6. The number of rotatable bonds is 2. The van der Waals surface area contributed by atoms with Crippen molar-refractivity contribution in [3.63, 3.8) is 0 Å². The molecule has 0 bridgehead atoms. The molecule has 1 aliphatic rings. The van der Waals surface area contributed by atoms with Gasteiger partial charge in [0.1, 0.15) is 5.65 Å². The minimum Gasteiger partial charge on any atom is -0.399 e. The molecule has 5 rings (SSSR count). The smallest absolute Gasteiger partial charge is 0.399 e. The van der Waals surface area contributed by atoms with Gasteiger partial charge in [-0.1, -0.05) is 30.3 Å². The zero-order chi connectivity index (χ0) is 19.5. The van der Waals surface area contributed by atoms with Crippen LogP contribution in [0.2, 0.25) is 0 Å². The van der Waals surface area contributed by atoms with E-state index in [1.807, 2.05) is 12.3 Å². The topological polar surface area (TPSA) is 36.3 Å². The molecule has 140 valence electrons. The highest BCUT2D eigenvalue weighted by Crippen LogP contribution is 2.37. The van der Waals surface area contributed by atoms with Gasteiger partial charge in [0.2, 0.25) is 0 Å². The Labute approximate surface area is 165 Å². The third-order valence-electron chi connectivity index (χ3n) is 6.09. The molecule has 0 N–H and O–H groups in total. The van der Waals surface area contributed by atoms with Crippen molar-refractivity contribution in [3.8, 4) is 5.69 Å². The molecule has 2 aromatic carbocycles. The SMILES string of the molecule is CC1(C)OB(c2cccc(-n3c4ccccc4c4cccnc43)c2)OC1(C)C. The third-order valence-corrected chi connectivity index (χ3v) is 6.09. The second-order valence-electron chi connectivity index (χ2n) is 8.41. The predicted octanol–water partition coefficient (Wildman–Crippen LogP) is 4.48. The van der Waals surface area contributed by atoms with Crippen LogP contribution in [0.3, 0.4) is 0 Å². The predicted molar refractivity (Wildman–Crippen MR) is 114 cm³/mol. The van der Waals surface area contributed by atoms with Crippen LogP contribution >= 0.6 is 0 Å². The summed E-state index contributed by atoms with van der Waals surface area (Å²) in [7, 11) is -0.383. The molecule has 0 saturated carbocycles. The fourth-order valence-electron chi connectivity index (χ4n) is 3.85. The lowest BCUT2D eigenvalue weighted by Gasteiger charge is -2.32. The third kappa shape index (κ3) is 2.50. The lowest BCUT2D eigenvalue weighted by atomic mass is 9.79. The Hall–Kier alpha value is -2.63. The molecule has 4 nitrogen and oxygen atoms in total. The number of hydrogen-bond acceptors (Lipinski definition) is 3. The Morgan fingerprint density at radius 2 is 1.54 bits per heavy atom. The first kappa shape index (κ1) is 17.5. The largest absolute Gasteiger partial charge is 0.494 e. The maximum absolute atomic E-state index is 6.25. The molecule has 0 amide bonds. The quantitative estimate of drug-likeness (QED) is 0.488. The molecule has 4 aromatic rings. The molecule has 2 aromatic heterocycles. The van der Waals surface area contributed by atoms with Crippen LogP contribution in [0.4, 0.5) is 0 Å². The summed E-state index contributed by atoms with van der Waals surface area (Å²) in [6, 6.07) is 20.9. The van der Waals surface area contributed by atoms with Crippen LogP contribution in [-0.4, -0.2) is 27.9 Å². The fourth-order valence-corrected chi connectivity index (χ4v) is 3.85. The van der Waals surface area contributed by atoms with Crippen molar-refractivity contribution in [2.24, 2.45) is 0 Å². The fraction of sp³-hybridized carbons (Fsp3) is 0.261. The molecule has 0 atom stereocenters. The molecule has 1 aliphatic heterocycles. The molecule has 3 heterocycles. The summed E-state index contributed by atoms with van der Waals surface area (Å²) in [5, 5.41) is 2.35. The second-order valence-corrected chi connectivity index (χ2v) is 8.41. The average Bonchev–Trinajstić information content (AvgIpc) is 3.12. The van der Waals surface area contributed by atoms with Gasteiger partial charge in [-0.25, -0.2) is 4.98 Å². The van der Waals surface area contributed by atoms with E-state index in [-0.39, 0.29) is 18.3 Å². The van der Waals surface area contributed by atoms with E-state index in [0.717, 1.165) is 27.7 Å². The Morgan fingerprint density at radius 1 is 0.821 bits per heavy atom. The van der Waals surface area contributed by atoms with E-state index in [2.05, 4.69) is 91.8 Å². The van der Waals surface area contributed by atoms with E-state index in [0.29, 0.717) is 0 Å². The maximum atomic E-state index is 6.25. The van der Waals surface area contributed by atoms with Crippen molar-refractivity contribution in [1.82, 2.24) is 9.55 Å². The van der Waals surface area contributed by atoms with Gasteiger partial charge < -0.3 is 9.31 Å². The van der Waals surface area contributed by atoms with E-state index in [1.54, 1.807) is 0 Å². The van der Waals surface area contributed by atoms with Crippen LogP contribution in [0.25, 0.3) is 27.6 Å². The highest BCUT2D eigenvalue weighted by atomic mass is 16.7. The molecule has 5 heteroatoms. The average molecular weight is 370 g/mol. The summed E-state index contributed by atoms with van der Waals surface area (Å²) in [6.07, 6.45) is 1.84. The highest BCUT2D eigenvalue weighted by molar-refractivity contribution is 6.62. The lowest BCUT2D eigenvalue weighted by Crippen LogP contribution is -2.41. The first-order valence-electron chi connectivity index (χ1n) is 9.68. The van der Waals surface area contributed by atoms with Crippen molar-refractivity contribution >= 4 is 34.5 Å². The Balaban J connectivity index is 1.67. The summed E-state index contributed by atoms with van der Waals surface area (Å²) < 4.78 is 14.7. The van der Waals surface area contributed by atoms with Crippen molar-refractivity contribution in [3.05, 3.63) is 66.9 Å². The maximum Gasteiger partial charge on any atom is 0.494 e. The molecule has 0 spiro atoms. The van der Waals surface area contributed by atoms with Gasteiger partial charge in [0.25, 0.3) is 0 Å². The number of nitrogens with zero attached hydrogens (tertiary/aromatic N) is 2. The van der Waals surface area contributed by atoms with E-state index < -0.39 is 0 Å². The highest BCUT2D eigenvalue weighted by Gasteiger charge is 2.51. The molecule has 0 radical (unpaired) electrons. The Kier molecular flexibility index (Phi) is 3.70. The summed E-state index contributed by atoms with van der Waals surface area (Å²) in [6.45, 7) is 8.31. The zero-order valence-electron chi connectivity index (χ0n) is 16.6. The van der Waals surface area contributed by atoms with E-state index in [4.69, 9.17) is 9.31 Å². The van der Waals surface area contributed by atoms with Crippen molar-refractivity contribution in [1.29, 1.82) is 0 Å². The number of aromatic nitrogens is 2. The van der Waals surface area contributed by atoms with Gasteiger partial charge in [0.15, 0.2) is 0 Å². The summed E-state index contributed by atoms with van der Waals surface area (Å²) >= 11 is 0. The number of fused-ring (bicyclic) bond motifs is 3. The van der Waals surface area contributed by atoms with Gasteiger partial charge in [-0.3, -0.25) is 4.57 Å². The van der Waals surface area contributed by atoms with Crippen LogP contribution < -0.4 is 5.46 Å². The molecule has 0 aliphatic carbocycles. The van der Waals surface area contributed by atoms with Crippen molar-refractivity contribution in [2.45, 2.75) is 38.9 Å². The van der Waals surface area contributed by atoms with Crippen LogP contribution in [-0.2, 0) is 9.31 Å². The van der Waals surface area contributed by atoms with Gasteiger partial charge in [-0.2, -0.15) is 0 Å². The van der Waals surface area contributed by atoms with Gasteiger partial charge >= 0.3 is 7.12 Å². The molecule has 1 fully saturated rings. The van der Waals surface area contributed by atoms with E-state index in [1.165, 1.54) is 5.39 Å². The minimum absolute atomic E-state index is 0.359. The first-order chi connectivity index (χ1) is 13.4. The Morgan fingerprint density at radius 3 is 2.32 bits per heavy atom. The number of hydrogen-bond donors (Lipinski definition) is 0. The van der Waals surface area contributed by atoms with Crippen LogP contribution in [0, 0.1) is 0 Å². The normalized spacial score (nSPS) is 18.2. The van der Waals surface area contributed by atoms with Crippen LogP contribution in [0.15, 0.2) is 66.9 Å². The second kappa shape index (κ2) is 5.93. The van der Waals surface area contributed by atoms with Crippen LogP contribution in [0.1, 0.15) is 27.7 Å². The van der Waals surface area contributed by atoms with Gasteiger partial charge in [0.05, 0.1) is 16.7 Å². The Bertz CT molecular complexity index is 1130. The van der Waals surface area contributed by atoms with Gasteiger partial charge in [-0.15, -0.1) is 0 Å². The molecule has 0 unspecified atom stereocenters. The van der Waals surface area contributed by atoms with Crippen LogP contribution in [0.5, 0.6) is 0 Å².